The number of carbonyl (C=O) groups excluding carboxylic acids is 2. The summed E-state index contributed by atoms with van der Waals surface area (Å²) in [6.45, 7) is 14.4. The second-order valence-electron chi connectivity index (χ2n) is 11.2. The summed E-state index contributed by atoms with van der Waals surface area (Å²) in [4.78, 5) is 35.5. The molecule has 8 nitrogen and oxygen atoms in total. The van der Waals surface area contributed by atoms with Gasteiger partial charge in [-0.25, -0.2) is 4.79 Å². The molecular weight excluding hydrogens is 504 g/mol. The van der Waals surface area contributed by atoms with Gasteiger partial charge in [0, 0.05) is 55.9 Å². The molecular formula is C29H39ClN4O4. The van der Waals surface area contributed by atoms with Crippen LogP contribution >= 0.6 is 11.6 Å². The van der Waals surface area contributed by atoms with Crippen molar-refractivity contribution >= 4 is 29.3 Å². The molecule has 0 saturated carbocycles. The smallest absolute Gasteiger partial charge is 0.426 e. The van der Waals surface area contributed by atoms with Crippen molar-refractivity contribution in [1.29, 1.82) is 0 Å². The monoisotopic (exact) mass is 542 g/mol. The summed E-state index contributed by atoms with van der Waals surface area (Å²) in [5.41, 5.74) is 3.47. The van der Waals surface area contributed by atoms with Crippen LogP contribution in [0.25, 0.3) is 0 Å². The number of hydrogen-bond acceptors (Lipinski definition) is 6. The van der Waals surface area contributed by atoms with E-state index in [1.807, 2.05) is 25.1 Å². The number of benzene rings is 2. The molecule has 2 aliphatic rings. The van der Waals surface area contributed by atoms with Gasteiger partial charge in [-0.2, -0.15) is 0 Å². The Balaban J connectivity index is 1.28. The molecule has 2 amide bonds. The molecule has 9 heteroatoms. The number of nitrogens with one attached hydrogen (secondary N) is 1. The number of piperazine rings is 1. The largest absolute Gasteiger partial charge is 0.491 e. The van der Waals surface area contributed by atoms with Gasteiger partial charge in [-0.1, -0.05) is 38.4 Å². The molecule has 2 aromatic carbocycles. The van der Waals surface area contributed by atoms with Crippen LogP contribution in [0.2, 0.25) is 5.02 Å². The molecule has 1 fully saturated rings. The highest BCUT2D eigenvalue weighted by Crippen LogP contribution is 2.34. The van der Waals surface area contributed by atoms with E-state index in [9.17, 15) is 9.59 Å². The van der Waals surface area contributed by atoms with E-state index in [1.54, 1.807) is 28.2 Å². The Hall–Kier alpha value is -2.81. The van der Waals surface area contributed by atoms with Crippen LogP contribution in [0.4, 0.5) is 10.5 Å². The molecule has 2 aliphatic heterocycles. The number of hydroxylamine groups is 2. The third kappa shape index (κ3) is 7.62. The molecule has 4 rings (SSSR count). The topological polar surface area (TPSA) is 74.3 Å². The van der Waals surface area contributed by atoms with E-state index in [2.05, 4.69) is 31.0 Å². The number of amides is 2. The van der Waals surface area contributed by atoms with Crippen LogP contribution in [0, 0.1) is 12.3 Å². The molecule has 0 spiro atoms. The van der Waals surface area contributed by atoms with Gasteiger partial charge in [-0.05, 0) is 67.1 Å². The standard InChI is InChI=1S/C29H39ClN4O4/c1-21-18-22(27(35)34-11-5-17-37-26-19-24(30)8-9-25(26)34)6-7-23(21)20-31-28(36)38-33-15-13-32(14-16-33)12-10-29(2,3)4/h6-9,18-19H,5,10-17,20H2,1-4H3,(H,31,36). The predicted molar refractivity (Wildman–Crippen MR) is 150 cm³/mol. The van der Waals surface area contributed by atoms with Crippen molar-refractivity contribution < 1.29 is 19.2 Å². The number of carbonyl (C=O) groups is 2. The summed E-state index contributed by atoms with van der Waals surface area (Å²) in [6.07, 6.45) is 1.41. The molecule has 0 aliphatic carbocycles. The SMILES string of the molecule is Cc1cc(C(=O)N2CCCOc3cc(Cl)ccc32)ccc1CNC(=O)ON1CCN(CCC(C)(C)C)CC1. The molecule has 1 N–H and O–H groups in total. The lowest BCUT2D eigenvalue weighted by Gasteiger charge is -2.34. The minimum Gasteiger partial charge on any atom is -0.491 e. The highest BCUT2D eigenvalue weighted by molar-refractivity contribution is 6.30. The number of ether oxygens (including phenoxy) is 1. The average molecular weight is 543 g/mol. The Morgan fingerprint density at radius 3 is 2.53 bits per heavy atom. The van der Waals surface area contributed by atoms with Crippen molar-refractivity contribution in [3.63, 3.8) is 0 Å². The first kappa shape index (κ1) is 28.2. The number of fused-ring (bicyclic) bond motifs is 1. The Morgan fingerprint density at radius 1 is 1.05 bits per heavy atom. The minimum absolute atomic E-state index is 0.0947. The third-order valence-corrected chi connectivity index (χ3v) is 7.21. The van der Waals surface area contributed by atoms with Crippen molar-refractivity contribution in [2.24, 2.45) is 5.41 Å². The maximum Gasteiger partial charge on any atom is 0.426 e. The van der Waals surface area contributed by atoms with Crippen LogP contribution in [0.1, 0.15) is 55.1 Å². The van der Waals surface area contributed by atoms with Crippen LogP contribution in [0.5, 0.6) is 5.75 Å². The van der Waals surface area contributed by atoms with Crippen molar-refractivity contribution in [2.45, 2.75) is 47.1 Å². The molecule has 0 aromatic heterocycles. The highest BCUT2D eigenvalue weighted by Gasteiger charge is 2.25. The quantitative estimate of drug-likeness (QED) is 0.536. The maximum absolute atomic E-state index is 13.4. The molecule has 38 heavy (non-hydrogen) atoms. The van der Waals surface area contributed by atoms with E-state index in [-0.39, 0.29) is 5.91 Å². The number of aryl methyl sites for hydroxylation is 1. The number of halogens is 1. The third-order valence-electron chi connectivity index (χ3n) is 6.98. The van der Waals surface area contributed by atoms with Crippen LogP contribution in [-0.4, -0.2) is 67.8 Å². The molecule has 0 unspecified atom stereocenters. The van der Waals surface area contributed by atoms with E-state index in [0.29, 0.717) is 54.5 Å². The molecule has 2 heterocycles. The van der Waals surface area contributed by atoms with Crippen LogP contribution in [0.15, 0.2) is 36.4 Å². The van der Waals surface area contributed by atoms with Crippen molar-refractivity contribution in [3.8, 4) is 5.75 Å². The Morgan fingerprint density at radius 2 is 1.82 bits per heavy atom. The van der Waals surface area contributed by atoms with E-state index in [4.69, 9.17) is 21.2 Å². The van der Waals surface area contributed by atoms with E-state index in [0.717, 1.165) is 49.3 Å². The van der Waals surface area contributed by atoms with Gasteiger partial charge in [0.25, 0.3) is 5.91 Å². The van der Waals surface area contributed by atoms with Gasteiger partial charge in [0.15, 0.2) is 0 Å². The van der Waals surface area contributed by atoms with Crippen molar-refractivity contribution in [3.05, 3.63) is 58.1 Å². The fourth-order valence-corrected chi connectivity index (χ4v) is 4.76. The van der Waals surface area contributed by atoms with Gasteiger partial charge >= 0.3 is 6.09 Å². The Bertz CT molecular complexity index is 1140. The molecule has 206 valence electrons. The zero-order chi connectivity index (χ0) is 27.3. The van der Waals surface area contributed by atoms with Crippen molar-refractivity contribution in [1.82, 2.24) is 15.3 Å². The van der Waals surface area contributed by atoms with Crippen LogP contribution < -0.4 is 15.0 Å². The predicted octanol–water partition coefficient (Wildman–Crippen LogP) is 5.27. The van der Waals surface area contributed by atoms with Gasteiger partial charge in [0.1, 0.15) is 5.75 Å². The maximum atomic E-state index is 13.4. The summed E-state index contributed by atoms with van der Waals surface area (Å²) in [5.74, 6) is 0.522. The van der Waals surface area contributed by atoms with E-state index >= 15 is 0 Å². The first-order chi connectivity index (χ1) is 18.1. The highest BCUT2D eigenvalue weighted by atomic mass is 35.5. The lowest BCUT2D eigenvalue weighted by molar-refractivity contribution is -0.123. The number of hydrogen-bond donors (Lipinski definition) is 1. The van der Waals surface area contributed by atoms with E-state index < -0.39 is 6.09 Å². The first-order valence-electron chi connectivity index (χ1n) is 13.4. The van der Waals surface area contributed by atoms with E-state index in [1.165, 1.54) is 0 Å². The summed E-state index contributed by atoms with van der Waals surface area (Å²) in [7, 11) is 0. The van der Waals surface area contributed by atoms with Crippen LogP contribution in [-0.2, 0) is 11.4 Å². The van der Waals surface area contributed by atoms with Gasteiger partial charge < -0.3 is 24.7 Å². The Labute approximate surface area is 230 Å². The zero-order valence-electron chi connectivity index (χ0n) is 22.9. The molecule has 0 bridgehead atoms. The summed E-state index contributed by atoms with van der Waals surface area (Å²) >= 11 is 6.12. The summed E-state index contributed by atoms with van der Waals surface area (Å²) in [5, 5.41) is 5.14. The number of rotatable bonds is 6. The second kappa shape index (κ2) is 12.4. The zero-order valence-corrected chi connectivity index (χ0v) is 23.6. The van der Waals surface area contributed by atoms with Crippen molar-refractivity contribution in [2.75, 3.05) is 50.8 Å². The molecule has 1 saturated heterocycles. The van der Waals surface area contributed by atoms with Gasteiger partial charge in [0.05, 0.1) is 12.3 Å². The summed E-state index contributed by atoms with van der Waals surface area (Å²) < 4.78 is 5.79. The molecule has 0 atom stereocenters. The van der Waals surface area contributed by atoms with Crippen LogP contribution in [0.3, 0.4) is 0 Å². The number of nitrogens with zero attached hydrogens (tertiary/aromatic N) is 3. The van der Waals surface area contributed by atoms with Gasteiger partial charge in [-0.15, -0.1) is 5.06 Å². The minimum atomic E-state index is -0.465. The Kier molecular flexibility index (Phi) is 9.18. The second-order valence-corrected chi connectivity index (χ2v) is 11.7. The normalized spacial score (nSPS) is 16.8. The fourth-order valence-electron chi connectivity index (χ4n) is 4.60. The first-order valence-corrected chi connectivity index (χ1v) is 13.7. The lowest BCUT2D eigenvalue weighted by atomic mass is 9.92. The summed E-state index contributed by atoms with van der Waals surface area (Å²) in [6, 6.07) is 10.9. The lowest BCUT2D eigenvalue weighted by Crippen LogP contribution is -2.48. The number of anilines is 1. The average Bonchev–Trinajstić information content (AvgIpc) is 3.08. The van der Waals surface area contributed by atoms with Gasteiger partial charge in [-0.3, -0.25) is 4.79 Å². The fraction of sp³-hybridized carbons (Fsp3) is 0.517. The molecule has 2 aromatic rings. The molecule has 0 radical (unpaired) electrons. The van der Waals surface area contributed by atoms with Gasteiger partial charge in [0.2, 0.25) is 0 Å².